The van der Waals surface area contributed by atoms with E-state index in [2.05, 4.69) is 42.1 Å². The number of aryl methyl sites for hydroxylation is 1. The van der Waals surface area contributed by atoms with Crippen molar-refractivity contribution in [3.05, 3.63) is 35.0 Å². The maximum absolute atomic E-state index is 6.11. The average Bonchev–Trinajstić information content (AvgIpc) is 2.91. The lowest BCUT2D eigenvalue weighted by molar-refractivity contribution is 0.695. The first-order valence-corrected chi connectivity index (χ1v) is 6.81. The van der Waals surface area contributed by atoms with Crippen LogP contribution in [0.4, 0.5) is 0 Å². The van der Waals surface area contributed by atoms with Crippen molar-refractivity contribution in [3.63, 3.8) is 0 Å². The number of hydrogen-bond donors (Lipinski definition) is 2. The fourth-order valence-corrected chi connectivity index (χ4v) is 2.90. The van der Waals surface area contributed by atoms with Crippen LogP contribution in [0.25, 0.3) is 10.9 Å². The summed E-state index contributed by atoms with van der Waals surface area (Å²) in [5.41, 5.74) is 11.6. The van der Waals surface area contributed by atoms with Crippen molar-refractivity contribution in [2.75, 3.05) is 0 Å². The van der Waals surface area contributed by atoms with Gasteiger partial charge in [0.25, 0.3) is 0 Å². The first-order chi connectivity index (χ1) is 8.70. The summed E-state index contributed by atoms with van der Waals surface area (Å²) in [5.74, 6) is 0. The molecule has 1 aliphatic rings. The number of benzene rings is 1. The summed E-state index contributed by atoms with van der Waals surface area (Å²) in [4.78, 5) is 0. The summed E-state index contributed by atoms with van der Waals surface area (Å²) in [6.07, 6.45) is 3.39. The van der Waals surface area contributed by atoms with Gasteiger partial charge in [0, 0.05) is 42.8 Å². The van der Waals surface area contributed by atoms with Crippen molar-refractivity contribution in [2.45, 2.75) is 45.9 Å². The minimum Gasteiger partial charge on any atom is -0.347 e. The summed E-state index contributed by atoms with van der Waals surface area (Å²) in [6.45, 7) is 7.33. The average molecular weight is 243 g/mol. The van der Waals surface area contributed by atoms with Gasteiger partial charge in [0.15, 0.2) is 0 Å². The number of fused-ring (bicyclic) bond motifs is 2. The molecule has 3 rings (SSSR count). The summed E-state index contributed by atoms with van der Waals surface area (Å²) < 4.78 is 2.35. The van der Waals surface area contributed by atoms with Gasteiger partial charge in [-0.3, -0.25) is 0 Å². The number of aromatic nitrogens is 1. The van der Waals surface area contributed by atoms with E-state index in [1.807, 2.05) is 0 Å². The fourth-order valence-electron chi connectivity index (χ4n) is 2.90. The molecule has 3 nitrogen and oxygen atoms in total. The zero-order valence-electron chi connectivity index (χ0n) is 11.2. The molecule has 1 atom stereocenters. The van der Waals surface area contributed by atoms with E-state index >= 15 is 0 Å². The third-order valence-corrected chi connectivity index (χ3v) is 3.82. The van der Waals surface area contributed by atoms with Gasteiger partial charge in [-0.15, -0.1) is 0 Å². The monoisotopic (exact) mass is 243 g/mol. The van der Waals surface area contributed by atoms with Gasteiger partial charge in [-0.25, -0.2) is 0 Å². The Labute approximate surface area is 108 Å². The zero-order chi connectivity index (χ0) is 12.7. The van der Waals surface area contributed by atoms with Crippen molar-refractivity contribution in [1.82, 2.24) is 9.88 Å². The Morgan fingerprint density at radius 3 is 2.72 bits per heavy atom. The van der Waals surface area contributed by atoms with Gasteiger partial charge in [0.1, 0.15) is 0 Å². The maximum atomic E-state index is 6.11. The molecular formula is C15H21N3. The van der Waals surface area contributed by atoms with Gasteiger partial charge in [0.05, 0.1) is 0 Å². The second-order valence-electron chi connectivity index (χ2n) is 5.31. The van der Waals surface area contributed by atoms with Gasteiger partial charge >= 0.3 is 0 Å². The summed E-state index contributed by atoms with van der Waals surface area (Å²) in [6, 6.07) is 4.76. The molecule has 0 spiro atoms. The van der Waals surface area contributed by atoms with E-state index in [4.69, 9.17) is 5.73 Å². The Bertz CT molecular complexity index is 581. The SMILES string of the molecule is CCCn1cc(C(C)N)c2cc3c(cc21)CNC3. The van der Waals surface area contributed by atoms with Gasteiger partial charge in [-0.05, 0) is 42.2 Å². The molecule has 96 valence electrons. The lowest BCUT2D eigenvalue weighted by Gasteiger charge is -2.05. The molecule has 3 N–H and O–H groups in total. The molecule has 0 fully saturated rings. The summed E-state index contributed by atoms with van der Waals surface area (Å²) in [7, 11) is 0. The topological polar surface area (TPSA) is 43.0 Å². The van der Waals surface area contributed by atoms with Crippen LogP contribution in [-0.2, 0) is 19.6 Å². The Morgan fingerprint density at radius 1 is 1.33 bits per heavy atom. The predicted octanol–water partition coefficient (Wildman–Crippen LogP) is 2.67. The highest BCUT2D eigenvalue weighted by molar-refractivity contribution is 5.86. The third-order valence-electron chi connectivity index (χ3n) is 3.82. The smallest absolute Gasteiger partial charge is 0.0487 e. The predicted molar refractivity (Wildman–Crippen MR) is 75.4 cm³/mol. The normalized spacial score (nSPS) is 16.2. The van der Waals surface area contributed by atoms with Gasteiger partial charge < -0.3 is 15.6 Å². The van der Waals surface area contributed by atoms with Crippen LogP contribution >= 0.6 is 0 Å². The highest BCUT2D eigenvalue weighted by Crippen LogP contribution is 2.30. The molecule has 1 aliphatic heterocycles. The van der Waals surface area contributed by atoms with E-state index < -0.39 is 0 Å². The maximum Gasteiger partial charge on any atom is 0.0487 e. The highest BCUT2D eigenvalue weighted by atomic mass is 15.0. The minimum absolute atomic E-state index is 0.0954. The first kappa shape index (κ1) is 11.8. The van der Waals surface area contributed by atoms with Crippen molar-refractivity contribution in [1.29, 1.82) is 0 Å². The lowest BCUT2D eigenvalue weighted by Crippen LogP contribution is -2.04. The Morgan fingerprint density at radius 2 is 2.06 bits per heavy atom. The van der Waals surface area contributed by atoms with Gasteiger partial charge in [0.2, 0.25) is 0 Å². The third kappa shape index (κ3) is 1.74. The molecule has 0 radical (unpaired) electrons. The number of nitrogens with zero attached hydrogens (tertiary/aromatic N) is 1. The largest absolute Gasteiger partial charge is 0.347 e. The van der Waals surface area contributed by atoms with Crippen LogP contribution < -0.4 is 11.1 Å². The molecule has 18 heavy (non-hydrogen) atoms. The second kappa shape index (κ2) is 4.41. The fraction of sp³-hybridized carbons (Fsp3) is 0.467. The van der Waals surface area contributed by atoms with E-state index in [0.29, 0.717) is 0 Å². The van der Waals surface area contributed by atoms with E-state index in [9.17, 15) is 0 Å². The number of nitrogens with two attached hydrogens (primary N) is 1. The van der Waals surface area contributed by atoms with Crippen LogP contribution in [0.2, 0.25) is 0 Å². The molecular weight excluding hydrogens is 222 g/mol. The van der Waals surface area contributed by atoms with Gasteiger partial charge in [-0.2, -0.15) is 0 Å². The number of hydrogen-bond acceptors (Lipinski definition) is 2. The second-order valence-corrected chi connectivity index (χ2v) is 5.31. The van der Waals surface area contributed by atoms with Gasteiger partial charge in [-0.1, -0.05) is 6.92 Å². The van der Waals surface area contributed by atoms with Crippen molar-refractivity contribution in [2.24, 2.45) is 5.73 Å². The Balaban J connectivity index is 2.24. The van der Waals surface area contributed by atoms with Crippen LogP contribution in [0.5, 0.6) is 0 Å². The summed E-state index contributed by atoms with van der Waals surface area (Å²) in [5, 5.41) is 4.75. The molecule has 0 amide bonds. The Kier molecular flexibility index (Phi) is 2.88. The van der Waals surface area contributed by atoms with Crippen molar-refractivity contribution >= 4 is 10.9 Å². The minimum atomic E-state index is 0.0954. The molecule has 0 bridgehead atoms. The first-order valence-electron chi connectivity index (χ1n) is 6.81. The van der Waals surface area contributed by atoms with E-state index in [1.165, 1.54) is 27.6 Å². The molecule has 3 heteroatoms. The van der Waals surface area contributed by atoms with Crippen molar-refractivity contribution in [3.8, 4) is 0 Å². The molecule has 0 saturated carbocycles. The number of rotatable bonds is 3. The lowest BCUT2D eigenvalue weighted by atomic mass is 10.0. The van der Waals surface area contributed by atoms with E-state index in [0.717, 1.165) is 26.1 Å². The molecule has 0 saturated heterocycles. The van der Waals surface area contributed by atoms with Crippen molar-refractivity contribution < 1.29 is 0 Å². The van der Waals surface area contributed by atoms with E-state index in [1.54, 1.807) is 0 Å². The summed E-state index contributed by atoms with van der Waals surface area (Å²) >= 11 is 0. The molecule has 2 heterocycles. The van der Waals surface area contributed by atoms with Crippen LogP contribution in [0, 0.1) is 0 Å². The quantitative estimate of drug-likeness (QED) is 0.870. The van der Waals surface area contributed by atoms with E-state index in [-0.39, 0.29) is 6.04 Å². The Hall–Kier alpha value is -1.32. The number of nitrogens with one attached hydrogen (secondary N) is 1. The standard InChI is InChI=1S/C15H21N3/c1-3-4-18-9-14(10(2)16)13-5-11-7-17-8-12(11)6-15(13)18/h5-6,9-10,17H,3-4,7-8,16H2,1-2H3. The van der Waals surface area contributed by atoms with Crippen LogP contribution in [0.3, 0.4) is 0 Å². The van der Waals surface area contributed by atoms with Crippen LogP contribution in [0.1, 0.15) is 43.0 Å². The molecule has 1 unspecified atom stereocenters. The van der Waals surface area contributed by atoms with Crippen LogP contribution in [0.15, 0.2) is 18.3 Å². The molecule has 1 aromatic carbocycles. The molecule has 0 aliphatic carbocycles. The molecule has 1 aromatic heterocycles. The van der Waals surface area contributed by atoms with Crippen LogP contribution in [-0.4, -0.2) is 4.57 Å². The molecule has 2 aromatic rings. The zero-order valence-corrected chi connectivity index (χ0v) is 11.2. The highest BCUT2D eigenvalue weighted by Gasteiger charge is 2.17.